The van der Waals surface area contributed by atoms with Crippen molar-refractivity contribution >= 4 is 22.5 Å². The third-order valence-corrected chi connectivity index (χ3v) is 4.46. The molecular formula is C21H19N5O2. The van der Waals surface area contributed by atoms with E-state index in [1.807, 2.05) is 25.1 Å². The number of carbonyl (C=O) groups excluding carboxylic acids is 1. The maximum atomic E-state index is 11.6. The summed E-state index contributed by atoms with van der Waals surface area (Å²) in [5, 5.41) is 4.12. The van der Waals surface area contributed by atoms with Crippen molar-refractivity contribution in [3.63, 3.8) is 0 Å². The molecule has 1 aromatic carbocycles. The fourth-order valence-corrected chi connectivity index (χ4v) is 3.05. The number of benzene rings is 1. The molecule has 2 aromatic heterocycles. The summed E-state index contributed by atoms with van der Waals surface area (Å²) in [4.78, 5) is 29.2. The molecule has 0 saturated heterocycles. The molecule has 4 rings (SSSR count). The van der Waals surface area contributed by atoms with Crippen LogP contribution in [-0.4, -0.2) is 39.4 Å². The molecule has 0 aliphatic heterocycles. The first-order valence-corrected chi connectivity index (χ1v) is 8.88. The van der Waals surface area contributed by atoms with Crippen molar-refractivity contribution in [1.29, 1.82) is 0 Å². The second kappa shape index (κ2) is 7.56. The molecule has 3 aromatic rings. The van der Waals surface area contributed by atoms with Crippen LogP contribution in [0.2, 0.25) is 0 Å². The van der Waals surface area contributed by atoms with Crippen LogP contribution in [0.3, 0.4) is 0 Å². The molecule has 1 aliphatic rings. The first kappa shape index (κ1) is 17.8. The quantitative estimate of drug-likeness (QED) is 0.734. The maximum absolute atomic E-state index is 11.6. The van der Waals surface area contributed by atoms with E-state index in [-0.39, 0.29) is 5.78 Å². The van der Waals surface area contributed by atoms with E-state index in [2.05, 4.69) is 25.3 Å². The summed E-state index contributed by atoms with van der Waals surface area (Å²) in [6.07, 6.45) is 10.8. The molecule has 7 nitrogen and oxygen atoms in total. The lowest BCUT2D eigenvalue weighted by Crippen LogP contribution is -2.11. The number of carbonyl (C=O) groups is 1. The lowest BCUT2D eigenvalue weighted by atomic mass is 10.0. The highest BCUT2D eigenvalue weighted by molar-refractivity contribution is 5.96. The van der Waals surface area contributed by atoms with E-state index in [0.29, 0.717) is 35.9 Å². The molecule has 0 spiro atoms. The number of allylic oxidation sites excluding steroid dienone is 3. The van der Waals surface area contributed by atoms with Crippen molar-refractivity contribution in [2.75, 3.05) is 19.0 Å². The number of hydrogen-bond donors (Lipinski definition) is 1. The minimum absolute atomic E-state index is 0.104. The predicted molar refractivity (Wildman–Crippen MR) is 107 cm³/mol. The fraction of sp³-hybridized carbons (Fsp3) is 0.190. The Morgan fingerprint density at radius 2 is 1.96 bits per heavy atom. The summed E-state index contributed by atoms with van der Waals surface area (Å²) >= 11 is 0. The Kier molecular flexibility index (Phi) is 4.80. The summed E-state index contributed by atoms with van der Waals surface area (Å²) in [5.41, 5.74) is 3.51. The van der Waals surface area contributed by atoms with E-state index in [0.717, 1.165) is 22.1 Å². The van der Waals surface area contributed by atoms with Gasteiger partial charge < -0.3 is 10.1 Å². The van der Waals surface area contributed by atoms with Gasteiger partial charge in [0.1, 0.15) is 23.4 Å². The third kappa shape index (κ3) is 3.59. The standard InChI is InChI=1S/C21H19N5O2/c1-13-9-22-20(23-10-13)15-7-17-19(18(8-15)28-2)25-12-26-21(17)24-11-14-4-3-5-16(27)6-14/h3-5,7-10,12H,6,11H2,1-2H3,(H,24,25,26). The average molecular weight is 373 g/mol. The smallest absolute Gasteiger partial charge is 0.159 e. The van der Waals surface area contributed by atoms with Gasteiger partial charge in [0.2, 0.25) is 0 Å². The van der Waals surface area contributed by atoms with Crippen LogP contribution in [-0.2, 0) is 4.79 Å². The van der Waals surface area contributed by atoms with Gasteiger partial charge in [0.25, 0.3) is 0 Å². The summed E-state index contributed by atoms with van der Waals surface area (Å²) in [5.74, 6) is 2.00. The SMILES string of the molecule is COc1cc(-c2ncc(C)cn2)cc2c(NCC3=CC=CC(=O)C3)ncnc12. The molecule has 28 heavy (non-hydrogen) atoms. The maximum Gasteiger partial charge on any atom is 0.159 e. The average Bonchev–Trinajstić information content (AvgIpc) is 2.72. The molecular weight excluding hydrogens is 354 g/mol. The van der Waals surface area contributed by atoms with E-state index >= 15 is 0 Å². The molecule has 0 atom stereocenters. The first-order chi connectivity index (χ1) is 13.6. The molecule has 1 N–H and O–H groups in total. The van der Waals surface area contributed by atoms with Gasteiger partial charge in [0, 0.05) is 36.3 Å². The number of nitrogens with zero attached hydrogens (tertiary/aromatic N) is 4. The molecule has 0 radical (unpaired) electrons. The summed E-state index contributed by atoms with van der Waals surface area (Å²) in [6.45, 7) is 2.47. The van der Waals surface area contributed by atoms with Crippen LogP contribution in [0.15, 0.2) is 54.7 Å². The zero-order valence-electron chi connectivity index (χ0n) is 15.6. The number of ether oxygens (including phenoxy) is 1. The number of hydrogen-bond acceptors (Lipinski definition) is 7. The number of ketones is 1. The monoisotopic (exact) mass is 373 g/mol. The van der Waals surface area contributed by atoms with Gasteiger partial charge in [0.05, 0.1) is 7.11 Å². The number of nitrogens with one attached hydrogen (secondary N) is 1. The Morgan fingerprint density at radius 3 is 2.71 bits per heavy atom. The van der Waals surface area contributed by atoms with Crippen molar-refractivity contribution in [3.8, 4) is 17.1 Å². The van der Waals surface area contributed by atoms with Gasteiger partial charge in [-0.25, -0.2) is 19.9 Å². The lowest BCUT2D eigenvalue weighted by Gasteiger charge is -2.14. The molecule has 140 valence electrons. The Labute approximate surface area is 162 Å². The van der Waals surface area contributed by atoms with Crippen molar-refractivity contribution in [3.05, 3.63) is 60.2 Å². The van der Waals surface area contributed by atoms with E-state index in [1.54, 1.807) is 31.7 Å². The summed E-state index contributed by atoms with van der Waals surface area (Å²) in [6, 6.07) is 3.82. The zero-order chi connectivity index (χ0) is 19.5. The van der Waals surface area contributed by atoms with E-state index in [9.17, 15) is 4.79 Å². The van der Waals surface area contributed by atoms with Gasteiger partial charge in [0.15, 0.2) is 11.6 Å². The number of methoxy groups -OCH3 is 1. The van der Waals surface area contributed by atoms with Crippen LogP contribution < -0.4 is 10.1 Å². The van der Waals surface area contributed by atoms with Crippen molar-refractivity contribution in [2.45, 2.75) is 13.3 Å². The largest absolute Gasteiger partial charge is 0.494 e. The molecule has 7 heteroatoms. The second-order valence-electron chi connectivity index (χ2n) is 6.56. The summed E-state index contributed by atoms with van der Waals surface area (Å²) < 4.78 is 5.54. The number of aryl methyl sites for hydroxylation is 1. The minimum atomic E-state index is 0.104. The first-order valence-electron chi connectivity index (χ1n) is 8.88. The number of aromatic nitrogens is 4. The van der Waals surface area contributed by atoms with E-state index < -0.39 is 0 Å². The topological polar surface area (TPSA) is 89.9 Å². The fourth-order valence-electron chi connectivity index (χ4n) is 3.05. The van der Waals surface area contributed by atoms with Gasteiger partial charge in [-0.15, -0.1) is 0 Å². The third-order valence-electron chi connectivity index (χ3n) is 4.46. The Bertz CT molecular complexity index is 1100. The van der Waals surface area contributed by atoms with Gasteiger partial charge in [-0.3, -0.25) is 4.79 Å². The van der Waals surface area contributed by atoms with Gasteiger partial charge in [-0.1, -0.05) is 12.2 Å². The van der Waals surface area contributed by atoms with Crippen molar-refractivity contribution < 1.29 is 9.53 Å². The van der Waals surface area contributed by atoms with E-state index in [4.69, 9.17) is 4.74 Å². The Balaban J connectivity index is 1.73. The molecule has 0 unspecified atom stereocenters. The Hall–Kier alpha value is -3.61. The lowest BCUT2D eigenvalue weighted by molar-refractivity contribution is -0.114. The van der Waals surface area contributed by atoms with Crippen LogP contribution in [0, 0.1) is 6.92 Å². The highest BCUT2D eigenvalue weighted by Crippen LogP contribution is 2.32. The molecule has 1 aliphatic carbocycles. The molecule has 0 amide bonds. The Morgan fingerprint density at radius 1 is 1.14 bits per heavy atom. The molecule has 0 fully saturated rings. The normalized spacial score (nSPS) is 13.5. The highest BCUT2D eigenvalue weighted by Gasteiger charge is 2.14. The number of fused-ring (bicyclic) bond motifs is 1. The zero-order valence-corrected chi connectivity index (χ0v) is 15.6. The molecule has 2 heterocycles. The predicted octanol–water partition coefficient (Wildman–Crippen LogP) is 3.27. The van der Waals surface area contributed by atoms with Crippen molar-refractivity contribution in [2.24, 2.45) is 0 Å². The van der Waals surface area contributed by atoms with Crippen LogP contribution in [0.25, 0.3) is 22.3 Å². The van der Waals surface area contributed by atoms with Gasteiger partial charge in [-0.05, 0) is 36.3 Å². The highest BCUT2D eigenvalue weighted by atomic mass is 16.5. The minimum Gasteiger partial charge on any atom is -0.494 e. The van der Waals surface area contributed by atoms with Crippen LogP contribution in [0.4, 0.5) is 5.82 Å². The van der Waals surface area contributed by atoms with Gasteiger partial charge in [-0.2, -0.15) is 0 Å². The number of rotatable bonds is 5. The molecule has 0 bridgehead atoms. The second-order valence-corrected chi connectivity index (χ2v) is 6.56. The van der Waals surface area contributed by atoms with Crippen LogP contribution in [0.5, 0.6) is 5.75 Å². The molecule has 0 saturated carbocycles. The van der Waals surface area contributed by atoms with Crippen LogP contribution >= 0.6 is 0 Å². The summed E-state index contributed by atoms with van der Waals surface area (Å²) in [7, 11) is 1.61. The van der Waals surface area contributed by atoms with Gasteiger partial charge >= 0.3 is 0 Å². The van der Waals surface area contributed by atoms with Crippen LogP contribution in [0.1, 0.15) is 12.0 Å². The van der Waals surface area contributed by atoms with Crippen molar-refractivity contribution in [1.82, 2.24) is 19.9 Å². The van der Waals surface area contributed by atoms with E-state index in [1.165, 1.54) is 6.33 Å². The number of anilines is 1.